The molecule has 1 aliphatic heterocycles. The second-order valence-corrected chi connectivity index (χ2v) is 7.67. The third-order valence-electron chi connectivity index (χ3n) is 6.25. The van der Waals surface area contributed by atoms with Crippen molar-refractivity contribution in [3.8, 4) is 0 Å². The summed E-state index contributed by atoms with van der Waals surface area (Å²) in [5.41, 5.74) is 1.56. The van der Waals surface area contributed by atoms with Crippen LogP contribution in [0.1, 0.15) is 50.6 Å². The zero-order valence-electron chi connectivity index (χ0n) is 14.9. The van der Waals surface area contributed by atoms with Crippen molar-refractivity contribution in [1.82, 2.24) is 4.90 Å². The van der Waals surface area contributed by atoms with Crippen LogP contribution in [0.4, 0.5) is 0 Å². The van der Waals surface area contributed by atoms with E-state index in [0.29, 0.717) is 6.04 Å². The Bertz CT molecular complexity index is 448. The van der Waals surface area contributed by atoms with Crippen LogP contribution < -0.4 is 24.0 Å². The van der Waals surface area contributed by atoms with Gasteiger partial charge in [0.2, 0.25) is 0 Å². The van der Waals surface area contributed by atoms with Crippen LogP contribution in [-0.4, -0.2) is 49.2 Å². The van der Waals surface area contributed by atoms with E-state index in [1.165, 1.54) is 69.3 Å². The smallest absolute Gasteiger partial charge is 0.0914 e. The Hall–Kier alpha value is -0.130. The molecule has 1 aromatic rings. The average molecular weight is 428 g/mol. The monoisotopic (exact) mass is 428 g/mol. The Morgan fingerprint density at radius 3 is 2.22 bits per heavy atom. The Balaban J connectivity index is 0.00000192. The Morgan fingerprint density at radius 1 is 1.04 bits per heavy atom. The summed E-state index contributed by atoms with van der Waals surface area (Å²) < 4.78 is 1.25. The molecule has 0 amide bonds. The molecule has 1 aliphatic carbocycles. The van der Waals surface area contributed by atoms with E-state index in [4.69, 9.17) is 0 Å². The van der Waals surface area contributed by atoms with Gasteiger partial charge in [0.05, 0.1) is 26.7 Å². The third kappa shape index (κ3) is 4.70. The van der Waals surface area contributed by atoms with Crippen LogP contribution in [0.25, 0.3) is 0 Å². The van der Waals surface area contributed by atoms with E-state index < -0.39 is 0 Å². The molecule has 2 aliphatic rings. The van der Waals surface area contributed by atoms with E-state index in [0.717, 1.165) is 5.92 Å². The molecule has 3 rings (SSSR count). The highest BCUT2D eigenvalue weighted by molar-refractivity contribution is 5.20. The van der Waals surface area contributed by atoms with Gasteiger partial charge in [-0.2, -0.15) is 0 Å². The number of hydrogen-bond acceptors (Lipinski definition) is 1. The van der Waals surface area contributed by atoms with Gasteiger partial charge in [-0.3, -0.25) is 4.90 Å². The van der Waals surface area contributed by atoms with Crippen LogP contribution in [0.2, 0.25) is 0 Å². The predicted octanol–water partition coefficient (Wildman–Crippen LogP) is 1.09. The maximum atomic E-state index is 2.81. The third-order valence-corrected chi connectivity index (χ3v) is 6.25. The van der Waals surface area contributed by atoms with Gasteiger partial charge in [-0.05, 0) is 31.2 Å². The zero-order valence-corrected chi connectivity index (χ0v) is 17.0. The van der Waals surface area contributed by atoms with Crippen molar-refractivity contribution in [1.29, 1.82) is 0 Å². The summed E-state index contributed by atoms with van der Waals surface area (Å²) in [5, 5.41) is 0. The Morgan fingerprint density at radius 2 is 1.65 bits per heavy atom. The molecule has 0 aromatic heterocycles. The molecule has 3 heteroatoms. The molecular weight excluding hydrogens is 395 g/mol. The van der Waals surface area contributed by atoms with Crippen molar-refractivity contribution >= 4 is 0 Å². The van der Waals surface area contributed by atoms with Gasteiger partial charge in [0.25, 0.3) is 0 Å². The van der Waals surface area contributed by atoms with Crippen LogP contribution in [0.5, 0.6) is 0 Å². The number of benzene rings is 1. The van der Waals surface area contributed by atoms with Crippen LogP contribution >= 0.6 is 0 Å². The normalized spacial score (nSPS) is 23.9. The summed E-state index contributed by atoms with van der Waals surface area (Å²) in [7, 11) is 2.43. The number of rotatable bonds is 4. The number of nitrogens with zero attached hydrogens (tertiary/aromatic N) is 2. The van der Waals surface area contributed by atoms with Gasteiger partial charge in [0, 0.05) is 19.1 Å². The van der Waals surface area contributed by atoms with E-state index in [1.807, 2.05) is 0 Å². The average Bonchev–Trinajstić information content (AvgIpc) is 2.59. The zero-order chi connectivity index (χ0) is 15.4. The van der Waals surface area contributed by atoms with Gasteiger partial charge in [0.1, 0.15) is 0 Å². The molecule has 1 unspecified atom stereocenters. The van der Waals surface area contributed by atoms with Crippen molar-refractivity contribution < 1.29 is 28.5 Å². The van der Waals surface area contributed by atoms with Crippen LogP contribution in [0.3, 0.4) is 0 Å². The first-order valence-corrected chi connectivity index (χ1v) is 9.34. The summed E-state index contributed by atoms with van der Waals surface area (Å²) in [6.45, 7) is 8.76. The Kier molecular flexibility index (Phi) is 7.36. The number of likely N-dealkylation sites (N-methyl/N-ethyl adjacent to an activating group) is 1. The quantitative estimate of drug-likeness (QED) is 0.513. The standard InChI is InChI=1S/C20H33N2.HI/c1-3-22(2)16-14-21(15-17-22)20(18-10-6-4-7-11-18)19-12-8-5-9-13-19;/h4,6-7,10-11,19-20H,3,5,8-9,12-17H2,1-2H3;1H/q+1;/p-1. The fraction of sp³-hybridized carbons (Fsp3) is 0.700. The molecule has 1 aromatic carbocycles. The van der Waals surface area contributed by atoms with Gasteiger partial charge in [-0.15, -0.1) is 0 Å². The summed E-state index contributed by atoms with van der Waals surface area (Å²) in [5.74, 6) is 0.870. The lowest BCUT2D eigenvalue weighted by Crippen LogP contribution is -3.00. The molecule has 2 nitrogen and oxygen atoms in total. The minimum absolute atomic E-state index is 0. The summed E-state index contributed by atoms with van der Waals surface area (Å²) in [6, 6.07) is 12.0. The maximum Gasteiger partial charge on any atom is 0.0914 e. The molecule has 0 N–H and O–H groups in total. The van der Waals surface area contributed by atoms with E-state index in [2.05, 4.69) is 49.2 Å². The second kappa shape index (κ2) is 8.82. The van der Waals surface area contributed by atoms with E-state index in [-0.39, 0.29) is 24.0 Å². The van der Waals surface area contributed by atoms with Gasteiger partial charge < -0.3 is 28.5 Å². The lowest BCUT2D eigenvalue weighted by Gasteiger charge is -2.46. The van der Waals surface area contributed by atoms with Crippen molar-refractivity contribution in [3.63, 3.8) is 0 Å². The highest BCUT2D eigenvalue weighted by Gasteiger charge is 2.35. The number of quaternary nitrogens is 1. The molecule has 130 valence electrons. The SMILES string of the molecule is CC[N+]1(C)CCN(C(c2ccccc2)C2CCCCC2)CC1.[I-]. The number of piperazine rings is 1. The molecular formula is C20H33IN2. The molecule has 23 heavy (non-hydrogen) atoms. The highest BCUT2D eigenvalue weighted by Crippen LogP contribution is 2.39. The van der Waals surface area contributed by atoms with Gasteiger partial charge in [-0.1, -0.05) is 49.6 Å². The number of halogens is 1. The molecule has 1 saturated carbocycles. The van der Waals surface area contributed by atoms with Crippen molar-refractivity contribution in [3.05, 3.63) is 35.9 Å². The summed E-state index contributed by atoms with van der Waals surface area (Å²) in [6.07, 6.45) is 7.17. The van der Waals surface area contributed by atoms with Crippen molar-refractivity contribution in [2.75, 3.05) is 39.8 Å². The van der Waals surface area contributed by atoms with E-state index >= 15 is 0 Å². The van der Waals surface area contributed by atoms with Crippen molar-refractivity contribution in [2.24, 2.45) is 5.92 Å². The maximum absolute atomic E-state index is 2.81. The minimum atomic E-state index is 0. The predicted molar refractivity (Wildman–Crippen MR) is 93.8 cm³/mol. The molecule has 2 fully saturated rings. The van der Waals surface area contributed by atoms with Crippen LogP contribution in [0, 0.1) is 5.92 Å². The van der Waals surface area contributed by atoms with Crippen LogP contribution in [0.15, 0.2) is 30.3 Å². The topological polar surface area (TPSA) is 3.24 Å². The largest absolute Gasteiger partial charge is 1.00 e. The van der Waals surface area contributed by atoms with E-state index in [9.17, 15) is 0 Å². The lowest BCUT2D eigenvalue weighted by atomic mass is 9.80. The first kappa shape index (κ1) is 19.2. The number of hydrogen-bond donors (Lipinski definition) is 0. The molecule has 1 heterocycles. The molecule has 1 atom stereocenters. The van der Waals surface area contributed by atoms with E-state index in [1.54, 1.807) is 5.56 Å². The van der Waals surface area contributed by atoms with Crippen LogP contribution in [-0.2, 0) is 0 Å². The first-order valence-electron chi connectivity index (χ1n) is 9.34. The minimum Gasteiger partial charge on any atom is -1.00 e. The summed E-state index contributed by atoms with van der Waals surface area (Å²) >= 11 is 0. The molecule has 1 saturated heterocycles. The van der Waals surface area contributed by atoms with Gasteiger partial charge in [-0.25, -0.2) is 0 Å². The fourth-order valence-electron chi connectivity index (χ4n) is 4.44. The lowest BCUT2D eigenvalue weighted by molar-refractivity contribution is -0.912. The molecule has 0 bridgehead atoms. The molecule has 0 spiro atoms. The van der Waals surface area contributed by atoms with Gasteiger partial charge >= 0.3 is 0 Å². The highest BCUT2D eigenvalue weighted by atomic mass is 127. The summed E-state index contributed by atoms with van der Waals surface area (Å²) in [4.78, 5) is 2.81. The molecule has 0 radical (unpaired) electrons. The fourth-order valence-corrected chi connectivity index (χ4v) is 4.44. The first-order chi connectivity index (χ1) is 10.7. The second-order valence-electron chi connectivity index (χ2n) is 7.67. The van der Waals surface area contributed by atoms with Gasteiger partial charge in [0.15, 0.2) is 0 Å². The Labute approximate surface area is 159 Å². The van der Waals surface area contributed by atoms with Crippen molar-refractivity contribution in [2.45, 2.75) is 45.1 Å².